The predicted molar refractivity (Wildman–Crippen MR) is 106 cm³/mol. The van der Waals surface area contributed by atoms with Gasteiger partial charge < -0.3 is 15.0 Å². The maximum absolute atomic E-state index is 15.2. The van der Waals surface area contributed by atoms with Gasteiger partial charge in [-0.25, -0.2) is 9.18 Å². The average molecular weight is 426 g/mol. The third-order valence-corrected chi connectivity index (χ3v) is 5.10. The molecule has 1 aliphatic heterocycles. The Kier molecular flexibility index (Phi) is 6.00. The molecule has 0 bridgehead atoms. The van der Waals surface area contributed by atoms with Gasteiger partial charge in [-0.3, -0.25) is 0 Å². The number of halogens is 4. The number of hydrogen-bond acceptors (Lipinski definition) is 2. The van der Waals surface area contributed by atoms with Crippen LogP contribution in [-0.4, -0.2) is 47.5 Å². The highest BCUT2D eigenvalue weighted by atomic mass is 19.4. The molecule has 1 saturated heterocycles. The maximum atomic E-state index is 15.2. The first kappa shape index (κ1) is 22.3. The number of nitrogens with one attached hydrogen (secondary N) is 1. The van der Waals surface area contributed by atoms with Gasteiger partial charge in [-0.15, -0.1) is 0 Å². The summed E-state index contributed by atoms with van der Waals surface area (Å²) in [6, 6.07) is 8.05. The molecule has 1 N–H and O–H groups in total. The first-order valence-corrected chi connectivity index (χ1v) is 9.80. The van der Waals surface area contributed by atoms with Crippen molar-refractivity contribution in [3.05, 3.63) is 60.2 Å². The van der Waals surface area contributed by atoms with E-state index in [4.69, 9.17) is 4.74 Å². The summed E-state index contributed by atoms with van der Waals surface area (Å²) < 4.78 is 62.1. The molecular weight excluding hydrogens is 400 g/mol. The Morgan fingerprint density at radius 1 is 1.17 bits per heavy atom. The largest absolute Gasteiger partial charge is 0.426 e. The monoisotopic (exact) mass is 426 g/mol. The molecule has 2 aliphatic rings. The summed E-state index contributed by atoms with van der Waals surface area (Å²) in [5.41, 5.74) is -3.50. The van der Waals surface area contributed by atoms with Crippen molar-refractivity contribution >= 4 is 6.03 Å². The van der Waals surface area contributed by atoms with Gasteiger partial charge in [-0.05, 0) is 32.4 Å². The van der Waals surface area contributed by atoms with Gasteiger partial charge in [0.1, 0.15) is 0 Å². The topological polar surface area (TPSA) is 41.6 Å². The highest BCUT2D eigenvalue weighted by molar-refractivity contribution is 5.75. The van der Waals surface area contributed by atoms with Crippen LogP contribution in [0.4, 0.5) is 22.4 Å². The smallest absolute Gasteiger partial charge is 0.366 e. The zero-order valence-corrected chi connectivity index (χ0v) is 17.1. The fourth-order valence-electron chi connectivity index (χ4n) is 3.55. The van der Waals surface area contributed by atoms with E-state index >= 15 is 4.39 Å². The zero-order chi connectivity index (χ0) is 22.2. The lowest BCUT2D eigenvalue weighted by molar-refractivity contribution is -0.240. The zero-order valence-electron chi connectivity index (χ0n) is 17.1. The number of alkyl halides is 4. The molecule has 30 heavy (non-hydrogen) atoms. The Bertz CT molecular complexity index is 811. The molecule has 0 saturated carbocycles. The average Bonchev–Trinajstić information content (AvgIpc) is 2.60. The fraction of sp³-hybridized carbons (Fsp3) is 0.500. The van der Waals surface area contributed by atoms with Crippen LogP contribution in [0.5, 0.6) is 0 Å². The number of benzene rings is 1. The van der Waals surface area contributed by atoms with Gasteiger partial charge in [-0.1, -0.05) is 48.6 Å². The van der Waals surface area contributed by atoms with Crippen molar-refractivity contribution in [3.63, 3.8) is 0 Å². The molecule has 1 aromatic carbocycles. The highest BCUT2D eigenvalue weighted by Gasteiger charge is 2.61. The van der Waals surface area contributed by atoms with Crippen LogP contribution in [0.2, 0.25) is 0 Å². The standard InChI is InChI=1S/C22H26F4N2O2/c1-20(2,3)27-19(29)28-13-16(14-28)30-18(15-9-5-4-6-10-15)17-11-7-8-12-21(17,23)22(24,25)26/h4-12,16-18H,13-14H2,1-3H3,(H,27,29). The molecule has 1 heterocycles. The van der Waals surface area contributed by atoms with Crippen LogP contribution in [0, 0.1) is 5.92 Å². The molecule has 1 fully saturated rings. The summed E-state index contributed by atoms with van der Waals surface area (Å²) in [5.74, 6) is -1.58. The third kappa shape index (κ3) is 4.69. The molecule has 1 aromatic rings. The van der Waals surface area contributed by atoms with Crippen LogP contribution < -0.4 is 5.32 Å². The minimum atomic E-state index is -5.09. The summed E-state index contributed by atoms with van der Waals surface area (Å²) in [6.45, 7) is 6.01. The maximum Gasteiger partial charge on any atom is 0.426 e. The van der Waals surface area contributed by atoms with Crippen molar-refractivity contribution in [2.45, 2.75) is 50.4 Å². The SMILES string of the molecule is CC(C)(C)NC(=O)N1CC(OC(c2ccccc2)C2C=CC=CC2(F)C(F)(F)F)C1. The van der Waals surface area contributed by atoms with Gasteiger partial charge in [0.2, 0.25) is 5.67 Å². The lowest BCUT2D eigenvalue weighted by atomic mass is 9.78. The van der Waals surface area contributed by atoms with Crippen LogP contribution in [-0.2, 0) is 4.74 Å². The summed E-state index contributed by atoms with van der Waals surface area (Å²) in [7, 11) is 0. The molecule has 1 aliphatic carbocycles. The number of allylic oxidation sites excluding steroid dienone is 3. The van der Waals surface area contributed by atoms with Crippen molar-refractivity contribution in [2.75, 3.05) is 13.1 Å². The van der Waals surface area contributed by atoms with E-state index in [1.54, 1.807) is 30.3 Å². The summed E-state index contributed by atoms with van der Waals surface area (Å²) in [4.78, 5) is 13.7. The summed E-state index contributed by atoms with van der Waals surface area (Å²) >= 11 is 0. The van der Waals surface area contributed by atoms with Crippen molar-refractivity contribution in [3.8, 4) is 0 Å². The van der Waals surface area contributed by atoms with Gasteiger partial charge in [0, 0.05) is 5.54 Å². The van der Waals surface area contributed by atoms with Crippen LogP contribution in [0.1, 0.15) is 32.4 Å². The van der Waals surface area contributed by atoms with E-state index in [1.807, 2.05) is 20.8 Å². The Morgan fingerprint density at radius 2 is 1.80 bits per heavy atom. The van der Waals surface area contributed by atoms with Gasteiger partial charge in [0.15, 0.2) is 0 Å². The molecule has 0 aromatic heterocycles. The first-order valence-electron chi connectivity index (χ1n) is 9.80. The number of rotatable bonds is 4. The fourth-order valence-corrected chi connectivity index (χ4v) is 3.55. The van der Waals surface area contributed by atoms with E-state index in [0.29, 0.717) is 11.6 Å². The molecule has 4 nitrogen and oxygen atoms in total. The minimum Gasteiger partial charge on any atom is -0.366 e. The molecular formula is C22H26F4N2O2. The number of carbonyl (C=O) groups is 1. The van der Waals surface area contributed by atoms with E-state index in [1.165, 1.54) is 17.1 Å². The Balaban J connectivity index is 1.78. The van der Waals surface area contributed by atoms with Crippen LogP contribution in [0.15, 0.2) is 54.6 Å². The number of likely N-dealkylation sites (tertiary alicyclic amines) is 1. The summed E-state index contributed by atoms with van der Waals surface area (Å²) in [5, 5.41) is 2.83. The number of carbonyl (C=O) groups excluding carboxylic acids is 1. The lowest BCUT2D eigenvalue weighted by Crippen LogP contribution is -2.61. The van der Waals surface area contributed by atoms with E-state index in [2.05, 4.69) is 5.32 Å². The van der Waals surface area contributed by atoms with E-state index in [0.717, 1.165) is 6.08 Å². The predicted octanol–water partition coefficient (Wildman–Crippen LogP) is 4.95. The molecule has 3 unspecified atom stereocenters. The van der Waals surface area contributed by atoms with E-state index < -0.39 is 35.5 Å². The second-order valence-electron chi connectivity index (χ2n) is 8.71. The van der Waals surface area contributed by atoms with Crippen molar-refractivity contribution in [2.24, 2.45) is 5.92 Å². The van der Waals surface area contributed by atoms with Crippen molar-refractivity contribution in [1.29, 1.82) is 0 Å². The van der Waals surface area contributed by atoms with Crippen LogP contribution >= 0.6 is 0 Å². The lowest BCUT2D eigenvalue weighted by Gasteiger charge is -2.44. The number of ether oxygens (including phenoxy) is 1. The number of nitrogens with zero attached hydrogens (tertiary/aromatic N) is 1. The number of amides is 2. The normalized spacial score (nSPS) is 25.7. The quantitative estimate of drug-likeness (QED) is 0.693. The molecule has 0 spiro atoms. The van der Waals surface area contributed by atoms with E-state index in [-0.39, 0.29) is 19.1 Å². The van der Waals surface area contributed by atoms with Gasteiger partial charge >= 0.3 is 12.2 Å². The van der Waals surface area contributed by atoms with Crippen molar-refractivity contribution < 1.29 is 27.1 Å². The van der Waals surface area contributed by atoms with E-state index in [9.17, 15) is 18.0 Å². The Labute approximate surface area is 173 Å². The molecule has 3 atom stereocenters. The number of urea groups is 1. The van der Waals surface area contributed by atoms with Crippen molar-refractivity contribution in [1.82, 2.24) is 10.2 Å². The first-order chi connectivity index (χ1) is 13.9. The molecule has 2 amide bonds. The molecule has 0 radical (unpaired) electrons. The summed E-state index contributed by atoms with van der Waals surface area (Å²) in [6.07, 6.45) is -2.53. The van der Waals surface area contributed by atoms with Gasteiger partial charge in [0.25, 0.3) is 0 Å². The molecule has 164 valence electrons. The second kappa shape index (κ2) is 8.06. The Morgan fingerprint density at radius 3 is 2.37 bits per heavy atom. The molecule has 3 rings (SSSR count). The minimum absolute atomic E-state index is 0.225. The number of hydrogen-bond donors (Lipinski definition) is 1. The molecule has 8 heteroatoms. The second-order valence-corrected chi connectivity index (χ2v) is 8.71. The Hall–Kier alpha value is -2.35. The van der Waals surface area contributed by atoms with Crippen LogP contribution in [0.25, 0.3) is 0 Å². The van der Waals surface area contributed by atoms with Crippen LogP contribution in [0.3, 0.4) is 0 Å². The van der Waals surface area contributed by atoms with Gasteiger partial charge in [0.05, 0.1) is 31.2 Å². The third-order valence-electron chi connectivity index (χ3n) is 5.10. The van der Waals surface area contributed by atoms with Gasteiger partial charge in [-0.2, -0.15) is 13.2 Å². The highest BCUT2D eigenvalue weighted by Crippen LogP contribution is 2.49.